The topological polar surface area (TPSA) is 93.4 Å². The number of unbranched alkanes of at least 4 members (excludes halogenated alkanes) is 1. The van der Waals surface area contributed by atoms with Gasteiger partial charge >= 0.3 is 12.1 Å². The Hall–Kier alpha value is -2.54. The molecular weight excluding hydrogens is 590 g/mol. The van der Waals surface area contributed by atoms with Gasteiger partial charge in [-0.1, -0.05) is 24.3 Å². The minimum Gasteiger partial charge on any atom is -0.478 e. The molecule has 11 heteroatoms. The number of halogens is 5. The van der Waals surface area contributed by atoms with Crippen LogP contribution in [-0.4, -0.2) is 47.6 Å². The third kappa shape index (κ3) is 12.8. The maximum absolute atomic E-state index is 12.7. The van der Waals surface area contributed by atoms with E-state index >= 15 is 0 Å². The molecule has 6 nitrogen and oxygen atoms in total. The highest BCUT2D eigenvalue weighted by atomic mass is 35.5. The molecule has 0 radical (unpaired) electrons. The zero-order chi connectivity index (χ0) is 29.0. The van der Waals surface area contributed by atoms with Crippen LogP contribution in [0.4, 0.5) is 13.2 Å². The number of amides is 1. The highest BCUT2D eigenvalue weighted by Gasteiger charge is 2.30. The van der Waals surface area contributed by atoms with Gasteiger partial charge in [0.2, 0.25) is 5.91 Å². The standard InChI is InChI=1S/C25H32F3N3O.C6H8O2.2ClH/c26-25(27,28)22-8-6-20(7-9-22)21-13-17-31(18-14-21)16-12-19-4-10-23(11-5-19)30-24(32)3-1-2-15-29;7-6(8)5-3-1-2-4-5;;/h6-9,13,19,23H,1-5,10-12,14,16-18H2,(H,30,32);3H,1-2,4H2,(H,7,8);2*1H. The quantitative estimate of drug-likeness (QED) is 0.274. The van der Waals surface area contributed by atoms with Crippen molar-refractivity contribution in [2.24, 2.45) is 5.92 Å². The predicted molar refractivity (Wildman–Crippen MR) is 163 cm³/mol. The van der Waals surface area contributed by atoms with Gasteiger partial charge in [0.05, 0.1) is 11.6 Å². The number of alkyl halides is 3. The largest absolute Gasteiger partial charge is 0.478 e. The first-order valence-electron chi connectivity index (χ1n) is 14.3. The molecule has 1 fully saturated rings. The maximum Gasteiger partial charge on any atom is 0.416 e. The SMILES string of the molecule is Cl.Cl.N#CCCCC(=O)NC1CCC(CCN2CC=C(c3ccc(C(F)(F)F)cc3)CC2)CC1.O=C(O)C1=CCCC1. The Kier molecular flexibility index (Phi) is 16.9. The van der Waals surface area contributed by atoms with E-state index in [-0.39, 0.29) is 36.8 Å². The summed E-state index contributed by atoms with van der Waals surface area (Å²) in [6.45, 7) is 2.80. The molecule has 0 atom stereocenters. The van der Waals surface area contributed by atoms with E-state index < -0.39 is 17.7 Å². The monoisotopic (exact) mass is 631 g/mol. The lowest BCUT2D eigenvalue weighted by molar-refractivity contribution is -0.137. The van der Waals surface area contributed by atoms with Crippen LogP contribution in [0.2, 0.25) is 0 Å². The van der Waals surface area contributed by atoms with Gasteiger partial charge in [-0.2, -0.15) is 18.4 Å². The van der Waals surface area contributed by atoms with Crippen LogP contribution in [0.1, 0.15) is 88.2 Å². The van der Waals surface area contributed by atoms with E-state index in [9.17, 15) is 22.8 Å². The van der Waals surface area contributed by atoms with E-state index in [0.29, 0.717) is 30.8 Å². The zero-order valence-electron chi connectivity index (χ0n) is 23.8. The van der Waals surface area contributed by atoms with Crippen LogP contribution in [0, 0.1) is 17.2 Å². The smallest absolute Gasteiger partial charge is 0.416 e. The first kappa shape index (κ1) is 37.5. The molecule has 42 heavy (non-hydrogen) atoms. The Labute approximate surface area is 259 Å². The Bertz CT molecular complexity index is 1090. The molecule has 1 aromatic carbocycles. The van der Waals surface area contributed by atoms with Crippen molar-refractivity contribution in [2.75, 3.05) is 19.6 Å². The van der Waals surface area contributed by atoms with Crippen molar-refractivity contribution >= 4 is 42.3 Å². The number of nitrogens with one attached hydrogen (secondary N) is 1. The number of allylic oxidation sites excluding steroid dienone is 1. The lowest BCUT2D eigenvalue weighted by Crippen LogP contribution is -2.38. The van der Waals surface area contributed by atoms with Crippen LogP contribution in [0.5, 0.6) is 0 Å². The first-order chi connectivity index (χ1) is 19.2. The summed E-state index contributed by atoms with van der Waals surface area (Å²) in [6.07, 6.45) is 10.2. The van der Waals surface area contributed by atoms with Gasteiger partial charge in [0.15, 0.2) is 0 Å². The minimum absolute atomic E-state index is 0. The van der Waals surface area contributed by atoms with Crippen LogP contribution >= 0.6 is 24.8 Å². The van der Waals surface area contributed by atoms with Gasteiger partial charge in [-0.05, 0) is 99.9 Å². The van der Waals surface area contributed by atoms with E-state index in [0.717, 1.165) is 101 Å². The number of hydrogen-bond donors (Lipinski definition) is 2. The summed E-state index contributed by atoms with van der Waals surface area (Å²) in [4.78, 5) is 24.5. The van der Waals surface area contributed by atoms with Crippen molar-refractivity contribution in [1.82, 2.24) is 10.2 Å². The van der Waals surface area contributed by atoms with Gasteiger partial charge in [-0.3, -0.25) is 9.69 Å². The minimum atomic E-state index is -4.29. The summed E-state index contributed by atoms with van der Waals surface area (Å²) in [7, 11) is 0. The normalized spacial score (nSPS) is 20.3. The lowest BCUT2D eigenvalue weighted by Gasteiger charge is -2.32. The molecule has 1 aliphatic heterocycles. The van der Waals surface area contributed by atoms with E-state index in [1.807, 2.05) is 0 Å². The molecule has 234 valence electrons. The van der Waals surface area contributed by atoms with E-state index in [1.54, 1.807) is 18.2 Å². The molecule has 2 N–H and O–H groups in total. The molecule has 0 bridgehead atoms. The van der Waals surface area contributed by atoms with E-state index in [4.69, 9.17) is 10.4 Å². The van der Waals surface area contributed by atoms with Crippen LogP contribution in [0.15, 0.2) is 42.0 Å². The van der Waals surface area contributed by atoms with Gasteiger partial charge in [-0.15, -0.1) is 24.8 Å². The molecule has 1 heterocycles. The second-order valence-electron chi connectivity index (χ2n) is 10.9. The third-order valence-electron chi connectivity index (χ3n) is 7.95. The molecule has 0 unspecified atom stereocenters. The highest BCUT2D eigenvalue weighted by Crippen LogP contribution is 2.32. The van der Waals surface area contributed by atoms with Crippen LogP contribution in [-0.2, 0) is 15.8 Å². The van der Waals surface area contributed by atoms with Crippen molar-refractivity contribution in [3.8, 4) is 6.07 Å². The number of hydrogen-bond acceptors (Lipinski definition) is 4. The molecule has 0 spiro atoms. The van der Waals surface area contributed by atoms with Crippen LogP contribution < -0.4 is 5.32 Å². The highest BCUT2D eigenvalue weighted by molar-refractivity contribution is 5.87. The van der Waals surface area contributed by atoms with Gasteiger partial charge in [0, 0.05) is 37.5 Å². The number of nitriles is 1. The third-order valence-corrected chi connectivity index (χ3v) is 7.95. The number of carboxylic acids is 1. The molecule has 2 aliphatic carbocycles. The van der Waals surface area contributed by atoms with Crippen molar-refractivity contribution in [3.05, 3.63) is 53.1 Å². The Morgan fingerprint density at radius 1 is 1.05 bits per heavy atom. The van der Waals surface area contributed by atoms with Gasteiger partial charge < -0.3 is 10.4 Å². The van der Waals surface area contributed by atoms with E-state index in [2.05, 4.69) is 22.4 Å². The number of carboxylic acid groups (broad SMARTS) is 1. The second kappa shape index (κ2) is 18.9. The zero-order valence-corrected chi connectivity index (χ0v) is 25.5. The number of carbonyl (C=O) groups is 2. The molecule has 1 saturated carbocycles. The fourth-order valence-electron chi connectivity index (χ4n) is 5.50. The molecule has 0 aromatic heterocycles. The van der Waals surface area contributed by atoms with Gasteiger partial charge in [0.1, 0.15) is 0 Å². The predicted octanol–water partition coefficient (Wildman–Crippen LogP) is 7.58. The summed E-state index contributed by atoms with van der Waals surface area (Å²) in [5.41, 5.74) is 1.99. The Morgan fingerprint density at radius 3 is 2.24 bits per heavy atom. The van der Waals surface area contributed by atoms with Crippen molar-refractivity contribution in [2.45, 2.75) is 89.3 Å². The summed E-state index contributed by atoms with van der Waals surface area (Å²) in [5.74, 6) is -0.00261. The fourth-order valence-corrected chi connectivity index (χ4v) is 5.50. The molecule has 1 aromatic rings. The average Bonchev–Trinajstić information content (AvgIpc) is 3.49. The van der Waals surface area contributed by atoms with Gasteiger partial charge in [-0.25, -0.2) is 4.79 Å². The first-order valence-corrected chi connectivity index (χ1v) is 14.3. The molecule has 1 amide bonds. The summed E-state index contributed by atoms with van der Waals surface area (Å²) >= 11 is 0. The molecule has 4 rings (SSSR count). The number of carbonyl (C=O) groups excluding carboxylic acids is 1. The van der Waals surface area contributed by atoms with Crippen molar-refractivity contribution in [3.63, 3.8) is 0 Å². The van der Waals surface area contributed by atoms with Crippen LogP contribution in [0.25, 0.3) is 5.57 Å². The van der Waals surface area contributed by atoms with E-state index in [1.165, 1.54) is 0 Å². The Morgan fingerprint density at radius 2 is 1.74 bits per heavy atom. The number of aliphatic carboxylic acids is 1. The molecule has 3 aliphatic rings. The fraction of sp³-hybridized carbons (Fsp3) is 0.581. The molecular formula is C31H42Cl2F3N3O3. The van der Waals surface area contributed by atoms with Crippen molar-refractivity contribution in [1.29, 1.82) is 5.26 Å². The number of rotatable bonds is 9. The molecule has 0 saturated heterocycles. The number of benzene rings is 1. The Balaban J connectivity index is 0.000000763. The second-order valence-corrected chi connectivity index (χ2v) is 10.9. The van der Waals surface area contributed by atoms with Crippen molar-refractivity contribution < 1.29 is 27.9 Å². The summed E-state index contributed by atoms with van der Waals surface area (Å²) in [5, 5.41) is 20.0. The average molecular weight is 633 g/mol. The van der Waals surface area contributed by atoms with Crippen LogP contribution in [0.3, 0.4) is 0 Å². The maximum atomic E-state index is 12.7. The summed E-state index contributed by atoms with van der Waals surface area (Å²) in [6, 6.07) is 7.80. The lowest BCUT2D eigenvalue weighted by atomic mass is 9.84. The number of nitrogens with zero attached hydrogens (tertiary/aromatic N) is 2. The summed E-state index contributed by atoms with van der Waals surface area (Å²) < 4.78 is 38.2. The van der Waals surface area contributed by atoms with Gasteiger partial charge in [0.25, 0.3) is 0 Å².